The van der Waals surface area contributed by atoms with Gasteiger partial charge >= 0.3 is 0 Å². The molecule has 0 aliphatic rings. The van der Waals surface area contributed by atoms with Crippen LogP contribution in [-0.2, 0) is 4.79 Å². The van der Waals surface area contributed by atoms with Gasteiger partial charge in [0, 0.05) is 34.8 Å². The molecule has 1 amide bonds. The van der Waals surface area contributed by atoms with Crippen molar-refractivity contribution >= 4 is 27.5 Å². The zero-order valence-corrected chi connectivity index (χ0v) is 12.6. The smallest absolute Gasteiger partial charge is 0.238 e. The number of rotatable bonds is 5. The zero-order valence-electron chi connectivity index (χ0n) is 11.0. The van der Waals surface area contributed by atoms with E-state index in [4.69, 9.17) is 0 Å². The Morgan fingerprint density at radius 3 is 2.70 bits per heavy atom. The lowest BCUT2D eigenvalue weighted by molar-refractivity contribution is -0.115. The Balaban J connectivity index is 1.82. The van der Waals surface area contributed by atoms with Gasteiger partial charge in [-0.1, -0.05) is 15.9 Å². The predicted molar refractivity (Wildman–Crippen MR) is 81.2 cm³/mol. The van der Waals surface area contributed by atoms with Crippen LogP contribution in [0.1, 0.15) is 18.7 Å². The fraction of sp³-hybridized carbons (Fsp3) is 0.214. The highest BCUT2D eigenvalue weighted by atomic mass is 79.9. The van der Waals surface area contributed by atoms with Crippen molar-refractivity contribution in [1.29, 1.82) is 0 Å². The van der Waals surface area contributed by atoms with Crippen LogP contribution in [0, 0.1) is 0 Å². The maximum atomic E-state index is 11.8. The van der Waals surface area contributed by atoms with Crippen molar-refractivity contribution in [3.05, 3.63) is 53.0 Å². The van der Waals surface area contributed by atoms with E-state index in [-0.39, 0.29) is 18.5 Å². The quantitative estimate of drug-likeness (QED) is 0.881. The van der Waals surface area contributed by atoms with Crippen LogP contribution in [0.15, 0.2) is 47.3 Å². The first-order chi connectivity index (χ1) is 9.65. The Hall–Kier alpha value is -1.79. The number of halogens is 1. The van der Waals surface area contributed by atoms with Crippen molar-refractivity contribution in [2.24, 2.45) is 0 Å². The van der Waals surface area contributed by atoms with Gasteiger partial charge in [-0.15, -0.1) is 0 Å². The van der Waals surface area contributed by atoms with E-state index in [1.807, 2.05) is 31.2 Å². The highest BCUT2D eigenvalue weighted by Crippen LogP contribution is 2.14. The Kier molecular flexibility index (Phi) is 5.20. The molecule has 0 fully saturated rings. The Labute approximate surface area is 126 Å². The van der Waals surface area contributed by atoms with E-state index in [1.165, 1.54) is 0 Å². The second kappa shape index (κ2) is 7.12. The number of amides is 1. The van der Waals surface area contributed by atoms with Gasteiger partial charge in [-0.05, 0) is 31.2 Å². The third kappa shape index (κ3) is 4.40. The molecule has 5 nitrogen and oxygen atoms in total. The van der Waals surface area contributed by atoms with Crippen molar-refractivity contribution in [3.8, 4) is 0 Å². The molecule has 0 spiro atoms. The van der Waals surface area contributed by atoms with E-state index in [2.05, 4.69) is 36.5 Å². The lowest BCUT2D eigenvalue weighted by atomic mass is 10.2. The number of hydrogen-bond acceptors (Lipinski definition) is 4. The fourth-order valence-corrected chi connectivity index (χ4v) is 1.89. The average molecular weight is 335 g/mol. The molecular weight excluding hydrogens is 320 g/mol. The summed E-state index contributed by atoms with van der Waals surface area (Å²) in [6.45, 7) is 2.16. The van der Waals surface area contributed by atoms with Crippen LogP contribution in [0.3, 0.4) is 0 Å². The van der Waals surface area contributed by atoms with Crippen LogP contribution in [-0.4, -0.2) is 22.4 Å². The topological polar surface area (TPSA) is 66.9 Å². The van der Waals surface area contributed by atoms with Crippen LogP contribution in [0.25, 0.3) is 0 Å². The molecule has 0 saturated heterocycles. The minimum Gasteiger partial charge on any atom is -0.325 e. The molecule has 0 saturated carbocycles. The van der Waals surface area contributed by atoms with Gasteiger partial charge in [-0.2, -0.15) is 0 Å². The summed E-state index contributed by atoms with van der Waals surface area (Å²) >= 11 is 3.35. The first kappa shape index (κ1) is 14.6. The average Bonchev–Trinajstić information content (AvgIpc) is 2.48. The molecule has 6 heteroatoms. The van der Waals surface area contributed by atoms with Crippen LogP contribution in [0.5, 0.6) is 0 Å². The third-order valence-electron chi connectivity index (χ3n) is 2.72. The van der Waals surface area contributed by atoms with Gasteiger partial charge in [0.05, 0.1) is 12.2 Å². The summed E-state index contributed by atoms with van der Waals surface area (Å²) in [5, 5.41) is 5.92. The summed E-state index contributed by atoms with van der Waals surface area (Å²) in [5.41, 5.74) is 1.58. The molecule has 0 aliphatic carbocycles. The number of nitrogens with zero attached hydrogens (tertiary/aromatic N) is 2. The number of carbonyl (C=O) groups excluding carboxylic acids is 1. The standard InChI is InChI=1S/C14H15BrN4O/c1-10(13-8-16-6-7-17-13)18-9-14(20)19-12-4-2-11(15)3-5-12/h2-8,10,18H,9H2,1H3,(H,19,20)/t10-/m1/s1. The molecule has 2 rings (SSSR count). The number of aromatic nitrogens is 2. The molecule has 0 unspecified atom stereocenters. The number of hydrogen-bond donors (Lipinski definition) is 2. The number of anilines is 1. The second-order valence-corrected chi connectivity index (χ2v) is 5.20. The first-order valence-electron chi connectivity index (χ1n) is 6.20. The number of benzene rings is 1. The SMILES string of the molecule is C[C@@H](NCC(=O)Nc1ccc(Br)cc1)c1cnccn1. The first-order valence-corrected chi connectivity index (χ1v) is 6.99. The minimum absolute atomic E-state index is 0.0284. The summed E-state index contributed by atoms with van der Waals surface area (Å²) in [7, 11) is 0. The van der Waals surface area contributed by atoms with Gasteiger partial charge in [0.2, 0.25) is 5.91 Å². The summed E-state index contributed by atoms with van der Waals surface area (Å²) in [4.78, 5) is 20.0. The van der Waals surface area contributed by atoms with Crippen molar-refractivity contribution in [2.45, 2.75) is 13.0 Å². The highest BCUT2D eigenvalue weighted by Gasteiger charge is 2.08. The number of carbonyl (C=O) groups is 1. The Bertz CT molecular complexity index is 559. The van der Waals surface area contributed by atoms with E-state index in [9.17, 15) is 4.79 Å². The van der Waals surface area contributed by atoms with Crippen molar-refractivity contribution < 1.29 is 4.79 Å². The molecule has 1 atom stereocenters. The van der Waals surface area contributed by atoms with Gasteiger partial charge < -0.3 is 10.6 Å². The predicted octanol–water partition coefficient (Wildman–Crippen LogP) is 2.53. The van der Waals surface area contributed by atoms with E-state index in [1.54, 1.807) is 18.6 Å². The monoisotopic (exact) mass is 334 g/mol. The van der Waals surface area contributed by atoms with Gasteiger partial charge in [-0.3, -0.25) is 14.8 Å². The molecule has 0 aliphatic heterocycles. The molecule has 104 valence electrons. The molecule has 1 heterocycles. The van der Waals surface area contributed by atoms with E-state index >= 15 is 0 Å². The largest absolute Gasteiger partial charge is 0.325 e. The van der Waals surface area contributed by atoms with Crippen molar-refractivity contribution in [3.63, 3.8) is 0 Å². The third-order valence-corrected chi connectivity index (χ3v) is 3.25. The van der Waals surface area contributed by atoms with E-state index < -0.39 is 0 Å². The fourth-order valence-electron chi connectivity index (χ4n) is 1.62. The normalized spacial score (nSPS) is 11.9. The maximum absolute atomic E-state index is 11.8. The molecule has 1 aromatic heterocycles. The molecular formula is C14H15BrN4O. The molecule has 2 aromatic rings. The van der Waals surface area contributed by atoms with Crippen LogP contribution < -0.4 is 10.6 Å². The molecule has 20 heavy (non-hydrogen) atoms. The van der Waals surface area contributed by atoms with E-state index in [0.717, 1.165) is 15.9 Å². The van der Waals surface area contributed by atoms with Crippen LogP contribution in [0.4, 0.5) is 5.69 Å². The molecule has 1 aromatic carbocycles. The molecule has 0 radical (unpaired) electrons. The van der Waals surface area contributed by atoms with Gasteiger partial charge in [0.1, 0.15) is 0 Å². The minimum atomic E-state index is -0.0944. The van der Waals surface area contributed by atoms with Gasteiger partial charge in [0.15, 0.2) is 0 Å². The lowest BCUT2D eigenvalue weighted by Crippen LogP contribution is -2.30. The van der Waals surface area contributed by atoms with Crippen LogP contribution in [0.2, 0.25) is 0 Å². The maximum Gasteiger partial charge on any atom is 0.238 e. The number of nitrogens with one attached hydrogen (secondary N) is 2. The summed E-state index contributed by atoms with van der Waals surface area (Å²) in [6, 6.07) is 7.41. The molecule has 0 bridgehead atoms. The Morgan fingerprint density at radius 2 is 2.05 bits per heavy atom. The van der Waals surface area contributed by atoms with E-state index in [0.29, 0.717) is 0 Å². The van der Waals surface area contributed by atoms with Crippen molar-refractivity contribution in [2.75, 3.05) is 11.9 Å². The summed E-state index contributed by atoms with van der Waals surface area (Å²) < 4.78 is 0.977. The van der Waals surface area contributed by atoms with Gasteiger partial charge in [0.25, 0.3) is 0 Å². The van der Waals surface area contributed by atoms with Gasteiger partial charge in [-0.25, -0.2) is 0 Å². The van der Waals surface area contributed by atoms with Crippen LogP contribution >= 0.6 is 15.9 Å². The van der Waals surface area contributed by atoms with Crippen molar-refractivity contribution in [1.82, 2.24) is 15.3 Å². The Morgan fingerprint density at radius 1 is 1.30 bits per heavy atom. The summed E-state index contributed by atoms with van der Waals surface area (Å²) in [5.74, 6) is -0.0944. The molecule has 2 N–H and O–H groups in total. The second-order valence-electron chi connectivity index (χ2n) is 4.29. The highest BCUT2D eigenvalue weighted by molar-refractivity contribution is 9.10. The zero-order chi connectivity index (χ0) is 14.4. The summed E-state index contributed by atoms with van der Waals surface area (Å²) in [6.07, 6.45) is 4.94. The lowest BCUT2D eigenvalue weighted by Gasteiger charge is -2.12.